The Balaban J connectivity index is 2.81. The van der Waals surface area contributed by atoms with Gasteiger partial charge >= 0.3 is 0 Å². The molecule has 0 saturated heterocycles. The summed E-state index contributed by atoms with van der Waals surface area (Å²) in [6.07, 6.45) is 0.657. The maximum Gasteiger partial charge on any atom is 0.288 e. The molecule has 2 N–H and O–H groups in total. The van der Waals surface area contributed by atoms with Gasteiger partial charge in [-0.2, -0.15) is 0 Å². The number of nitro benzene ring substituents is 1. The van der Waals surface area contributed by atoms with Crippen molar-refractivity contribution in [2.24, 2.45) is 5.92 Å². The first-order chi connectivity index (χ1) is 11.8. The van der Waals surface area contributed by atoms with Crippen molar-refractivity contribution in [2.45, 2.75) is 26.3 Å². The smallest absolute Gasteiger partial charge is 0.288 e. The zero-order chi connectivity index (χ0) is 19.0. The molecule has 1 unspecified atom stereocenters. The number of methoxy groups -OCH3 is 1. The summed E-state index contributed by atoms with van der Waals surface area (Å²) in [7, 11) is 1.57. The number of carbonyl (C=O) groups excluding carboxylic acids is 2. The summed E-state index contributed by atoms with van der Waals surface area (Å²) in [5, 5.41) is 16.2. The number of carbonyl (C=O) groups is 2. The number of nitrogens with one attached hydrogen (secondary N) is 2. The molecule has 9 heteroatoms. The fourth-order valence-corrected chi connectivity index (χ4v) is 2.28. The number of amides is 2. The number of hydrogen-bond donors (Lipinski definition) is 2. The highest BCUT2D eigenvalue weighted by molar-refractivity contribution is 6.32. The van der Waals surface area contributed by atoms with Crippen LogP contribution in [0, 0.1) is 16.0 Å². The van der Waals surface area contributed by atoms with Gasteiger partial charge in [0.2, 0.25) is 5.91 Å². The predicted octanol–water partition coefficient (Wildman–Crippen LogP) is 2.16. The van der Waals surface area contributed by atoms with Crippen LogP contribution in [-0.2, 0) is 9.53 Å². The quantitative estimate of drug-likeness (QED) is 0.392. The molecule has 0 bridgehead atoms. The van der Waals surface area contributed by atoms with E-state index in [2.05, 4.69) is 10.6 Å². The highest BCUT2D eigenvalue weighted by Crippen LogP contribution is 2.25. The largest absolute Gasteiger partial charge is 0.385 e. The second-order valence-corrected chi connectivity index (χ2v) is 6.16. The lowest BCUT2D eigenvalue weighted by Gasteiger charge is -2.21. The van der Waals surface area contributed by atoms with Crippen LogP contribution in [0.25, 0.3) is 0 Å². The summed E-state index contributed by atoms with van der Waals surface area (Å²) in [4.78, 5) is 34.9. The number of benzene rings is 1. The van der Waals surface area contributed by atoms with Crippen LogP contribution in [0.3, 0.4) is 0 Å². The van der Waals surface area contributed by atoms with Crippen LogP contribution >= 0.6 is 11.6 Å². The second kappa shape index (κ2) is 9.95. The standard InChI is InChI=1S/C16H22ClN3O5/c1-10(2)14(16(22)18-7-4-8-25-3)19-15(21)11-5-6-12(17)13(9-11)20(23)24/h5-6,9-10,14H,4,7-8H2,1-3H3,(H,18,22)(H,19,21). The molecular formula is C16H22ClN3O5. The van der Waals surface area contributed by atoms with Crippen molar-refractivity contribution in [3.63, 3.8) is 0 Å². The molecule has 25 heavy (non-hydrogen) atoms. The molecule has 0 heterocycles. The summed E-state index contributed by atoms with van der Waals surface area (Å²) < 4.78 is 4.91. The lowest BCUT2D eigenvalue weighted by Crippen LogP contribution is -2.50. The van der Waals surface area contributed by atoms with Crippen molar-refractivity contribution in [1.29, 1.82) is 0 Å². The zero-order valence-corrected chi connectivity index (χ0v) is 15.1. The van der Waals surface area contributed by atoms with Crippen molar-refractivity contribution in [3.8, 4) is 0 Å². The molecule has 0 spiro atoms. The van der Waals surface area contributed by atoms with Crippen LogP contribution in [0.5, 0.6) is 0 Å². The van der Waals surface area contributed by atoms with E-state index < -0.39 is 16.9 Å². The molecular weight excluding hydrogens is 350 g/mol. The molecule has 138 valence electrons. The second-order valence-electron chi connectivity index (χ2n) is 5.76. The number of ether oxygens (including phenoxy) is 1. The van der Waals surface area contributed by atoms with E-state index in [1.807, 2.05) is 0 Å². The Kier molecular flexibility index (Phi) is 8.30. The van der Waals surface area contributed by atoms with E-state index >= 15 is 0 Å². The molecule has 0 aromatic heterocycles. The van der Waals surface area contributed by atoms with Gasteiger partial charge in [-0.15, -0.1) is 0 Å². The third-order valence-corrected chi connectivity index (χ3v) is 3.78. The van der Waals surface area contributed by atoms with Gasteiger partial charge < -0.3 is 15.4 Å². The van der Waals surface area contributed by atoms with Crippen molar-refractivity contribution in [3.05, 3.63) is 38.9 Å². The van der Waals surface area contributed by atoms with Crippen LogP contribution in [-0.4, -0.2) is 43.0 Å². The Morgan fingerprint density at radius 2 is 2.04 bits per heavy atom. The lowest BCUT2D eigenvalue weighted by atomic mass is 10.0. The van der Waals surface area contributed by atoms with Crippen molar-refractivity contribution >= 4 is 29.1 Å². The molecule has 0 saturated carbocycles. The van der Waals surface area contributed by atoms with Crippen molar-refractivity contribution in [1.82, 2.24) is 10.6 Å². The molecule has 0 aliphatic heterocycles. The van der Waals surface area contributed by atoms with Crippen molar-refractivity contribution in [2.75, 3.05) is 20.3 Å². The number of halogens is 1. The minimum absolute atomic E-state index is 0.0576. The number of hydrogen-bond acceptors (Lipinski definition) is 5. The summed E-state index contributed by atoms with van der Waals surface area (Å²) in [5.41, 5.74) is -0.298. The van der Waals surface area contributed by atoms with Gasteiger partial charge in [-0.3, -0.25) is 19.7 Å². The van der Waals surface area contributed by atoms with Gasteiger partial charge in [-0.25, -0.2) is 0 Å². The van der Waals surface area contributed by atoms with Gasteiger partial charge in [-0.05, 0) is 24.5 Å². The molecule has 1 atom stereocenters. The fraction of sp³-hybridized carbons (Fsp3) is 0.500. The average molecular weight is 372 g/mol. The van der Waals surface area contributed by atoms with E-state index in [1.165, 1.54) is 12.1 Å². The zero-order valence-electron chi connectivity index (χ0n) is 14.4. The lowest BCUT2D eigenvalue weighted by molar-refractivity contribution is -0.384. The molecule has 1 aromatic carbocycles. The van der Waals surface area contributed by atoms with Crippen LogP contribution in [0.2, 0.25) is 5.02 Å². The summed E-state index contributed by atoms with van der Waals surface area (Å²) >= 11 is 5.74. The van der Waals surface area contributed by atoms with Crippen LogP contribution in [0.4, 0.5) is 5.69 Å². The summed E-state index contributed by atoms with van der Waals surface area (Å²) in [6, 6.07) is 2.98. The monoisotopic (exact) mass is 371 g/mol. The van der Waals surface area contributed by atoms with Gasteiger partial charge in [-0.1, -0.05) is 25.4 Å². The first-order valence-electron chi connectivity index (χ1n) is 7.79. The highest BCUT2D eigenvalue weighted by atomic mass is 35.5. The molecule has 1 aromatic rings. The molecule has 8 nitrogen and oxygen atoms in total. The highest BCUT2D eigenvalue weighted by Gasteiger charge is 2.25. The molecule has 0 radical (unpaired) electrons. The fourth-order valence-electron chi connectivity index (χ4n) is 2.09. The van der Waals surface area contributed by atoms with Gasteiger partial charge in [0.25, 0.3) is 11.6 Å². The third-order valence-electron chi connectivity index (χ3n) is 3.47. The average Bonchev–Trinajstić information content (AvgIpc) is 2.56. The molecule has 0 aliphatic carbocycles. The van der Waals surface area contributed by atoms with Crippen LogP contribution in [0.1, 0.15) is 30.6 Å². The summed E-state index contributed by atoms with van der Waals surface area (Å²) in [6.45, 7) is 4.54. The topological polar surface area (TPSA) is 111 Å². The predicted molar refractivity (Wildman–Crippen MR) is 93.7 cm³/mol. The van der Waals surface area contributed by atoms with Gasteiger partial charge in [0.15, 0.2) is 0 Å². The maximum atomic E-state index is 12.3. The molecule has 2 amide bonds. The molecule has 0 aliphatic rings. The number of nitrogens with zero attached hydrogens (tertiary/aromatic N) is 1. The Labute approximate surface area is 151 Å². The normalized spacial score (nSPS) is 11.9. The van der Waals surface area contributed by atoms with E-state index in [9.17, 15) is 19.7 Å². The number of nitro groups is 1. The van der Waals surface area contributed by atoms with Gasteiger partial charge in [0.1, 0.15) is 11.1 Å². The van der Waals surface area contributed by atoms with E-state index in [-0.39, 0.29) is 28.1 Å². The Bertz CT molecular complexity index is 636. The SMILES string of the molecule is COCCCNC(=O)C(NC(=O)c1ccc(Cl)c([N+](=O)[O-])c1)C(C)C. The number of rotatable bonds is 9. The van der Waals surface area contributed by atoms with E-state index in [0.717, 1.165) is 6.07 Å². The van der Waals surface area contributed by atoms with Gasteiger partial charge in [0, 0.05) is 31.9 Å². The van der Waals surface area contributed by atoms with Crippen LogP contribution < -0.4 is 10.6 Å². The van der Waals surface area contributed by atoms with Crippen molar-refractivity contribution < 1.29 is 19.2 Å². The Hall–Kier alpha value is -2.19. The van der Waals surface area contributed by atoms with E-state index in [1.54, 1.807) is 21.0 Å². The Morgan fingerprint density at radius 3 is 2.60 bits per heavy atom. The van der Waals surface area contributed by atoms with Gasteiger partial charge in [0.05, 0.1) is 4.92 Å². The van der Waals surface area contributed by atoms with E-state index in [0.29, 0.717) is 19.6 Å². The van der Waals surface area contributed by atoms with E-state index in [4.69, 9.17) is 16.3 Å². The minimum atomic E-state index is -0.759. The molecule has 1 rings (SSSR count). The summed E-state index contributed by atoms with van der Waals surface area (Å²) in [5.74, 6) is -1.05. The maximum absolute atomic E-state index is 12.3. The van der Waals surface area contributed by atoms with Crippen LogP contribution in [0.15, 0.2) is 18.2 Å². The first kappa shape index (κ1) is 20.9. The minimum Gasteiger partial charge on any atom is -0.385 e. The molecule has 0 fully saturated rings. The Morgan fingerprint density at radius 1 is 1.36 bits per heavy atom. The first-order valence-corrected chi connectivity index (χ1v) is 8.17. The third kappa shape index (κ3) is 6.32.